The van der Waals surface area contributed by atoms with Crippen LogP contribution in [0.25, 0.3) is 0 Å². The highest BCUT2D eigenvalue weighted by molar-refractivity contribution is 9.10. The van der Waals surface area contributed by atoms with Crippen LogP contribution in [0.3, 0.4) is 0 Å². The smallest absolute Gasteiger partial charge is 0.252 e. The van der Waals surface area contributed by atoms with Crippen LogP contribution in [0, 0.1) is 11.6 Å². The lowest BCUT2D eigenvalue weighted by Crippen LogP contribution is -2.38. The van der Waals surface area contributed by atoms with Crippen LogP contribution in [-0.4, -0.2) is 11.8 Å². The molecule has 1 fully saturated rings. The molecule has 0 spiro atoms. The first-order chi connectivity index (χ1) is 16.3. The van der Waals surface area contributed by atoms with Crippen molar-refractivity contribution in [2.75, 3.05) is 5.32 Å². The van der Waals surface area contributed by atoms with Gasteiger partial charge in [0, 0.05) is 31.9 Å². The molecule has 1 atom stereocenters. The summed E-state index contributed by atoms with van der Waals surface area (Å²) < 4.78 is 28.7. The Bertz CT molecular complexity index is 1320. The molecule has 174 valence electrons. The number of hydrogen-bond acceptors (Lipinski definition) is 2. The van der Waals surface area contributed by atoms with E-state index in [4.69, 9.17) is 11.6 Å². The van der Waals surface area contributed by atoms with Crippen molar-refractivity contribution < 1.29 is 18.4 Å². The van der Waals surface area contributed by atoms with Crippen LogP contribution in [-0.2, 0) is 10.2 Å². The minimum Gasteiger partial charge on any atom is -0.341 e. The number of rotatable bonds is 4. The lowest BCUT2D eigenvalue weighted by atomic mass is 9.77. The van der Waals surface area contributed by atoms with Gasteiger partial charge in [0.25, 0.3) is 5.91 Å². The van der Waals surface area contributed by atoms with Crippen LogP contribution >= 0.6 is 27.5 Å². The second-order valence-corrected chi connectivity index (χ2v) is 10.1. The maximum Gasteiger partial charge on any atom is 0.252 e. The number of amides is 2. The van der Waals surface area contributed by atoms with Crippen molar-refractivity contribution in [2.24, 2.45) is 0 Å². The van der Waals surface area contributed by atoms with Crippen molar-refractivity contribution >= 4 is 45.0 Å². The average Bonchev–Trinajstić information content (AvgIpc) is 3.42. The standard InChI is InChI=1S/C26H20BrClF2N2O2/c27-15-11-19-22(23(32-24(19)33)18-13-17(30)6-7-20(18)28)21(12-15)31-25(34)26(8-1-2-9-26)14-4-3-5-16(29)10-14/h3-7,10-13,23H,1-2,8-9H2,(H,31,34)(H,32,33). The zero-order chi connectivity index (χ0) is 24.0. The SMILES string of the molecule is O=C1NC(c2cc(F)ccc2Cl)c2c(NC(=O)C3(c4cccc(F)c4)CCCC3)cc(Br)cc21. The molecule has 1 saturated carbocycles. The van der Waals surface area contributed by atoms with Crippen molar-refractivity contribution in [2.45, 2.75) is 37.1 Å². The molecule has 1 unspecified atom stereocenters. The zero-order valence-electron chi connectivity index (χ0n) is 17.9. The molecule has 1 heterocycles. The Kier molecular flexibility index (Phi) is 5.94. The maximum absolute atomic E-state index is 14.0. The number of carbonyl (C=O) groups is 2. The molecule has 0 radical (unpaired) electrons. The average molecular weight is 546 g/mol. The van der Waals surface area contributed by atoms with Crippen LogP contribution in [0.1, 0.15) is 58.8 Å². The van der Waals surface area contributed by atoms with Gasteiger partial charge in [-0.05, 0) is 60.9 Å². The van der Waals surface area contributed by atoms with E-state index in [1.54, 1.807) is 24.3 Å². The topological polar surface area (TPSA) is 58.2 Å². The molecule has 0 saturated heterocycles. The second kappa shape index (κ2) is 8.78. The highest BCUT2D eigenvalue weighted by Crippen LogP contribution is 2.45. The van der Waals surface area contributed by atoms with E-state index >= 15 is 0 Å². The third-order valence-corrected chi connectivity index (χ3v) is 7.54. The third-order valence-electron chi connectivity index (χ3n) is 6.74. The van der Waals surface area contributed by atoms with Crippen molar-refractivity contribution in [1.82, 2.24) is 5.32 Å². The lowest BCUT2D eigenvalue weighted by molar-refractivity contribution is -0.121. The molecule has 0 aromatic heterocycles. The van der Waals surface area contributed by atoms with Gasteiger partial charge in [0.1, 0.15) is 11.6 Å². The normalized spacial score (nSPS) is 18.5. The summed E-state index contributed by atoms with van der Waals surface area (Å²) >= 11 is 9.77. The molecule has 2 amide bonds. The molecule has 5 rings (SSSR count). The van der Waals surface area contributed by atoms with Gasteiger partial charge in [-0.2, -0.15) is 0 Å². The molecule has 34 heavy (non-hydrogen) atoms. The van der Waals surface area contributed by atoms with Gasteiger partial charge in [0.15, 0.2) is 0 Å². The van der Waals surface area contributed by atoms with E-state index < -0.39 is 23.1 Å². The number of fused-ring (bicyclic) bond motifs is 1. The number of benzene rings is 3. The molecular weight excluding hydrogens is 526 g/mol. The molecule has 8 heteroatoms. The summed E-state index contributed by atoms with van der Waals surface area (Å²) in [6.07, 6.45) is 2.88. The number of halogens is 4. The van der Waals surface area contributed by atoms with E-state index in [9.17, 15) is 18.4 Å². The van der Waals surface area contributed by atoms with Crippen molar-refractivity contribution in [3.05, 3.63) is 98.0 Å². The van der Waals surface area contributed by atoms with Crippen LogP contribution in [0.5, 0.6) is 0 Å². The molecule has 2 aliphatic rings. The van der Waals surface area contributed by atoms with Gasteiger partial charge in [0.2, 0.25) is 5.91 Å². The molecule has 4 nitrogen and oxygen atoms in total. The predicted octanol–water partition coefficient (Wildman–Crippen LogP) is 6.66. The number of nitrogens with one attached hydrogen (secondary N) is 2. The van der Waals surface area contributed by atoms with Crippen molar-refractivity contribution in [1.29, 1.82) is 0 Å². The number of hydrogen-bond donors (Lipinski definition) is 2. The minimum atomic E-state index is -0.876. The number of carbonyl (C=O) groups excluding carboxylic acids is 2. The summed E-state index contributed by atoms with van der Waals surface area (Å²) in [5, 5.41) is 6.17. The Morgan fingerprint density at radius 2 is 1.79 bits per heavy atom. The van der Waals surface area contributed by atoms with E-state index in [-0.39, 0.29) is 11.8 Å². The third kappa shape index (κ3) is 3.91. The second-order valence-electron chi connectivity index (χ2n) is 8.74. The van der Waals surface area contributed by atoms with Crippen molar-refractivity contribution in [3.8, 4) is 0 Å². The Hall–Kier alpha value is -2.77. The van der Waals surface area contributed by atoms with E-state index in [0.717, 1.165) is 12.8 Å². The van der Waals surface area contributed by atoms with Gasteiger partial charge in [-0.1, -0.05) is 52.5 Å². The van der Waals surface area contributed by atoms with Crippen LogP contribution < -0.4 is 10.6 Å². The van der Waals surface area contributed by atoms with Gasteiger partial charge in [-0.25, -0.2) is 8.78 Å². The Morgan fingerprint density at radius 3 is 2.53 bits per heavy atom. The van der Waals surface area contributed by atoms with Crippen molar-refractivity contribution in [3.63, 3.8) is 0 Å². The Balaban J connectivity index is 1.59. The molecule has 1 aliphatic carbocycles. The van der Waals surface area contributed by atoms with E-state index in [2.05, 4.69) is 26.6 Å². The first-order valence-corrected chi connectivity index (χ1v) is 12.1. The molecule has 1 aliphatic heterocycles. The van der Waals surface area contributed by atoms with E-state index in [1.165, 1.54) is 30.3 Å². The van der Waals surface area contributed by atoms with Gasteiger partial charge in [-0.15, -0.1) is 0 Å². The summed E-state index contributed by atoms with van der Waals surface area (Å²) in [6.45, 7) is 0. The largest absolute Gasteiger partial charge is 0.341 e. The number of anilines is 1. The molecule has 0 bridgehead atoms. The first-order valence-electron chi connectivity index (χ1n) is 11.0. The van der Waals surface area contributed by atoms with Crippen LogP contribution in [0.15, 0.2) is 59.1 Å². The van der Waals surface area contributed by atoms with E-state index in [1.807, 2.05) is 0 Å². The molecular formula is C26H20BrClF2N2O2. The molecule has 3 aromatic carbocycles. The predicted molar refractivity (Wildman–Crippen MR) is 130 cm³/mol. The fourth-order valence-corrected chi connectivity index (χ4v) is 5.81. The highest BCUT2D eigenvalue weighted by atomic mass is 79.9. The monoisotopic (exact) mass is 544 g/mol. The molecule has 3 aromatic rings. The van der Waals surface area contributed by atoms with Gasteiger partial charge in [0.05, 0.1) is 11.5 Å². The summed E-state index contributed by atoms with van der Waals surface area (Å²) in [5.41, 5.74) is 1.45. The van der Waals surface area contributed by atoms with Crippen LogP contribution in [0.4, 0.5) is 14.5 Å². The maximum atomic E-state index is 14.0. The first kappa shape index (κ1) is 23.0. The van der Waals surface area contributed by atoms with E-state index in [0.29, 0.717) is 50.3 Å². The zero-order valence-corrected chi connectivity index (χ0v) is 20.3. The Morgan fingerprint density at radius 1 is 1.06 bits per heavy atom. The van der Waals surface area contributed by atoms with Crippen LogP contribution in [0.2, 0.25) is 5.02 Å². The van der Waals surface area contributed by atoms with Gasteiger partial charge >= 0.3 is 0 Å². The Labute approximate surface area is 208 Å². The highest BCUT2D eigenvalue weighted by Gasteiger charge is 2.44. The fraction of sp³-hybridized carbons (Fsp3) is 0.231. The fourth-order valence-electron chi connectivity index (χ4n) is 5.12. The summed E-state index contributed by atoms with van der Waals surface area (Å²) in [7, 11) is 0. The lowest BCUT2D eigenvalue weighted by Gasteiger charge is -2.29. The summed E-state index contributed by atoms with van der Waals surface area (Å²) in [6, 6.07) is 12.8. The summed E-state index contributed by atoms with van der Waals surface area (Å²) in [4.78, 5) is 26.6. The quantitative estimate of drug-likeness (QED) is 0.385. The minimum absolute atomic E-state index is 0.265. The summed E-state index contributed by atoms with van der Waals surface area (Å²) in [5.74, 6) is -1.49. The van der Waals surface area contributed by atoms with Gasteiger partial charge in [-0.3, -0.25) is 9.59 Å². The van der Waals surface area contributed by atoms with Gasteiger partial charge < -0.3 is 10.6 Å². The molecule has 2 N–H and O–H groups in total.